The van der Waals surface area contributed by atoms with E-state index in [9.17, 15) is 76.1 Å². The van der Waals surface area contributed by atoms with Crippen LogP contribution in [0.25, 0.3) is 11.4 Å². The zero-order valence-corrected chi connectivity index (χ0v) is 76.9. The van der Waals surface area contributed by atoms with E-state index in [1.54, 1.807) is 192 Å². The normalized spacial score (nSPS) is 12.0. The third-order valence-corrected chi connectivity index (χ3v) is 22.1. The first kappa shape index (κ1) is 98.9. The van der Waals surface area contributed by atoms with Crippen molar-refractivity contribution in [3.05, 3.63) is 393 Å². The van der Waals surface area contributed by atoms with Gasteiger partial charge in [-0.15, -0.1) is 0 Å². The van der Waals surface area contributed by atoms with Gasteiger partial charge in [0.05, 0.1) is 76.3 Å². The van der Waals surface area contributed by atoms with E-state index in [1.807, 2.05) is 0 Å². The molecule has 14 aromatic rings. The number of nitro groups is 1. The molecule has 10 amide bonds. The van der Waals surface area contributed by atoms with Gasteiger partial charge in [-0.3, -0.25) is 81.5 Å². The zero-order valence-electron chi connectivity index (χ0n) is 72.3. The molecule has 0 saturated carbocycles. The number of nitrogen functional groups attached to an aromatic ring is 1. The molecule has 11 N–H and O–H groups in total. The molecule has 0 spiro atoms. The van der Waals surface area contributed by atoms with Crippen molar-refractivity contribution in [1.29, 1.82) is 0 Å². The summed E-state index contributed by atoms with van der Waals surface area (Å²) in [5.74, 6) is -3.61. The quantitative estimate of drug-likeness (QED) is 0.0161. The van der Waals surface area contributed by atoms with Crippen LogP contribution in [0.1, 0.15) is 122 Å². The lowest BCUT2D eigenvalue weighted by Gasteiger charge is -2.26. The summed E-state index contributed by atoms with van der Waals surface area (Å²) in [4.78, 5) is 181. The second-order valence-electron chi connectivity index (χ2n) is 30.2. The number of nitro benzene ring substituents is 1. The Bertz CT molecular complexity index is 7220. The number of aromatic nitrogens is 6. The Hall–Kier alpha value is -16.6. The van der Waals surface area contributed by atoms with Gasteiger partial charge >= 0.3 is 0 Å². The van der Waals surface area contributed by atoms with Crippen molar-refractivity contribution in [1.82, 2.24) is 29.1 Å². The molecule has 0 bridgehead atoms. The Morgan fingerprint density at radius 1 is 0.362 bits per heavy atom. The number of hydrogen-bond acceptors (Lipinski definition) is 21. The van der Waals surface area contributed by atoms with Crippen LogP contribution >= 0.6 is 58.0 Å². The topological polar surface area (TPSA) is 484 Å². The van der Waals surface area contributed by atoms with E-state index in [1.165, 1.54) is 113 Å². The van der Waals surface area contributed by atoms with Crippen LogP contribution in [0.2, 0.25) is 25.1 Å². The smallest absolute Gasteiger partial charge is 0.274 e. The number of benzene rings is 8. The molecule has 16 rings (SSSR count). The van der Waals surface area contributed by atoms with E-state index < -0.39 is 62.2 Å². The number of pyridine rings is 6. The molecule has 0 unspecified atom stereocenters. The van der Waals surface area contributed by atoms with E-state index in [4.69, 9.17) is 63.7 Å². The van der Waals surface area contributed by atoms with E-state index in [-0.39, 0.29) is 96.4 Å². The van der Waals surface area contributed by atoms with E-state index in [0.717, 1.165) is 49.4 Å². The lowest BCUT2D eigenvalue weighted by molar-refractivity contribution is -0.384. The summed E-state index contributed by atoms with van der Waals surface area (Å²) in [5, 5.41) is 34.6. The predicted molar refractivity (Wildman–Crippen MR) is 530 cm³/mol. The number of sulfonamides is 1. The molecule has 8 heterocycles. The van der Waals surface area contributed by atoms with Gasteiger partial charge in [0.15, 0.2) is 0 Å². The van der Waals surface area contributed by atoms with Crippen molar-refractivity contribution in [2.24, 2.45) is 0 Å². The van der Waals surface area contributed by atoms with Crippen molar-refractivity contribution in [2.75, 3.05) is 82.1 Å². The number of piperidine rings is 2. The lowest BCUT2D eigenvalue weighted by atomic mass is 10.1. The van der Waals surface area contributed by atoms with Crippen molar-refractivity contribution in [3.8, 4) is 11.4 Å². The summed E-state index contributed by atoms with van der Waals surface area (Å²) in [5.41, 5.74) is 11.3. The maximum absolute atomic E-state index is 13.0. The van der Waals surface area contributed by atoms with E-state index in [0.29, 0.717) is 96.5 Å². The molecule has 6 aromatic heterocycles. The number of nitrogens with two attached hydrogens (primary N) is 1. The molecule has 0 aliphatic carbocycles. The molecule has 698 valence electrons. The summed E-state index contributed by atoms with van der Waals surface area (Å²) in [6, 6.07) is 65.3. The average Bonchev–Trinajstić information content (AvgIpc) is 0.818. The van der Waals surface area contributed by atoms with E-state index >= 15 is 0 Å². The van der Waals surface area contributed by atoms with Crippen LogP contribution in [0.5, 0.6) is 0 Å². The molecule has 2 saturated heterocycles. The fraction of sp³-hybridized carbons (Fsp3) is 0.0928. The predicted octanol–water partition coefficient (Wildman–Crippen LogP) is 17.8. The number of non-ortho nitro benzene ring substituents is 1. The maximum atomic E-state index is 13.0. The number of hydrogen-bond donors (Lipinski definition) is 10. The second kappa shape index (κ2) is 45.9. The maximum Gasteiger partial charge on any atom is 0.274 e. The zero-order chi connectivity index (χ0) is 98.3. The first-order valence-electron chi connectivity index (χ1n) is 41.7. The fourth-order valence-electron chi connectivity index (χ4n) is 13.6. The number of carbonyl (C=O) groups is 10. The van der Waals surface area contributed by atoms with Crippen molar-refractivity contribution >= 4 is 201 Å². The van der Waals surface area contributed by atoms with Crippen molar-refractivity contribution < 1.29 is 61.3 Å². The summed E-state index contributed by atoms with van der Waals surface area (Å²) in [6.07, 6.45) is 14.4. The standard InChI is InChI=1S/C25H20ClN5O5S.C24H16Cl2N4O3.C24H20ClN5O5.C24H22ClN5O3/c1-37(35,36)30-18-8-11-21(20(14-18)25(34)29-22-12-7-17(26)15-27-22)28-24(33)16-5-9-19(10-6-16)31-13-3-2-4-23(31)32;25-16-6-10-20(19(13-16)24(33)29-21-11-7-17(26)14-27-21)28-23(32)15-4-8-18(9-5-15)30-12-2-1-3-22(30)31;25-15-4-10-21(26-14-15)24(33)28-20-11-9-18(30(34)35)13-19(20)23(32)27-16-5-7-17(8-6-16)29-12-2-1-3-22(29)31;25-15-4-10-21(27-14-15)24(33)29-20-11-5-16(26)13-19(20)23(32)28-17-6-8-18(9-7-17)30-12-2-1-3-22(30)31/h2-15,30H,1H3,(H,28,33)(H,27,29,34);1-14H,(H,28,32)(H,27,29,33);4-11,13-14H,1-3,12H2,(H,27,32)(H,28,33);4-11,13-14H,1-3,12,26H2,(H,28,32)(H,29,33). The third-order valence-electron chi connectivity index (χ3n) is 20.4. The molecule has 0 atom stereocenters. The summed E-state index contributed by atoms with van der Waals surface area (Å²) >= 11 is 29.3. The molecule has 2 aliphatic rings. The van der Waals surface area contributed by atoms with Crippen LogP contribution in [-0.4, -0.2) is 121 Å². The molecular formula is C97H78Cl5N19O16S. The minimum Gasteiger partial charge on any atom is -0.399 e. The highest BCUT2D eigenvalue weighted by molar-refractivity contribution is 7.92. The Labute approximate surface area is 811 Å². The second-order valence-corrected chi connectivity index (χ2v) is 34.1. The molecule has 0 radical (unpaired) electrons. The Kier molecular flexibility index (Phi) is 32.9. The van der Waals surface area contributed by atoms with Crippen molar-refractivity contribution in [3.63, 3.8) is 0 Å². The summed E-state index contributed by atoms with van der Waals surface area (Å²) < 4.78 is 28.6. The first-order chi connectivity index (χ1) is 66.2. The number of amides is 10. The Balaban J connectivity index is 0.000000155. The van der Waals surface area contributed by atoms with Crippen molar-refractivity contribution in [2.45, 2.75) is 38.5 Å². The van der Waals surface area contributed by atoms with E-state index in [2.05, 4.69) is 67.2 Å². The highest BCUT2D eigenvalue weighted by Crippen LogP contribution is 2.32. The van der Waals surface area contributed by atoms with Gasteiger partial charge < -0.3 is 58.1 Å². The number of nitrogens with one attached hydrogen (secondary N) is 9. The largest absolute Gasteiger partial charge is 0.399 e. The molecule has 35 nitrogen and oxygen atoms in total. The molecule has 8 aromatic carbocycles. The van der Waals surface area contributed by atoms with Gasteiger partial charge in [0.2, 0.25) is 21.8 Å². The summed E-state index contributed by atoms with van der Waals surface area (Å²) in [6.45, 7) is 1.34. The number of carbonyl (C=O) groups excluding carboxylic acids is 10. The monoisotopic (exact) mass is 1970 g/mol. The van der Waals surface area contributed by atoms with Gasteiger partial charge in [0.25, 0.3) is 64.1 Å². The van der Waals surface area contributed by atoms with Gasteiger partial charge in [-0.2, -0.15) is 0 Å². The van der Waals surface area contributed by atoms with Crippen LogP contribution in [0.15, 0.2) is 302 Å². The molecule has 41 heteroatoms. The molecule has 2 fully saturated rings. The summed E-state index contributed by atoms with van der Waals surface area (Å²) in [7, 11) is -3.61. The first-order valence-corrected chi connectivity index (χ1v) is 45.4. The number of halogens is 5. The van der Waals surface area contributed by atoms with Gasteiger partial charge in [-0.1, -0.05) is 70.1 Å². The minimum absolute atomic E-state index is 0.00814. The van der Waals surface area contributed by atoms with Gasteiger partial charge in [0.1, 0.15) is 23.0 Å². The van der Waals surface area contributed by atoms with Crippen LogP contribution < -0.4 is 73.9 Å². The molecular weight excluding hydrogens is 1900 g/mol. The number of rotatable bonds is 23. The SMILES string of the molecule is CS(=O)(=O)Nc1ccc(NC(=O)c2ccc(-n3ccccc3=O)cc2)c(C(=O)Nc2ccc(Cl)cn2)c1.Nc1ccc(NC(=O)c2ccc(Cl)cn2)c(C(=O)Nc2ccc(N3CCCCC3=O)cc2)c1.O=C(Nc1ccc(Cl)cc1C(=O)Nc1ccc(Cl)cn1)c1ccc(-n2ccccc2=O)cc1.O=C(Nc1ccc([N+](=O)[O-])cc1C(=O)Nc1ccc(N2CCCCC2=O)cc1)c1ccc(Cl)cn1. The van der Waals surface area contributed by atoms with Crippen LogP contribution in [-0.2, 0) is 19.6 Å². The van der Waals surface area contributed by atoms with Gasteiger partial charge in [-0.25, -0.2) is 28.4 Å². The van der Waals surface area contributed by atoms with Crippen LogP contribution in [0.3, 0.4) is 0 Å². The highest BCUT2D eigenvalue weighted by Gasteiger charge is 2.27. The Morgan fingerprint density at radius 2 is 0.725 bits per heavy atom. The molecule has 138 heavy (non-hydrogen) atoms. The fourth-order valence-corrected chi connectivity index (χ4v) is 14.8. The number of anilines is 12. The number of nitrogens with zero attached hydrogens (tertiary/aromatic N) is 9. The molecule has 2 aliphatic heterocycles. The van der Waals surface area contributed by atoms with Gasteiger partial charge in [-0.05, 0) is 244 Å². The average molecular weight is 1980 g/mol. The highest BCUT2D eigenvalue weighted by atomic mass is 35.5. The Morgan fingerprint density at radius 3 is 1.12 bits per heavy atom. The lowest BCUT2D eigenvalue weighted by Crippen LogP contribution is -2.35. The van der Waals surface area contributed by atoms with Gasteiger partial charge in [0, 0.05) is 149 Å². The third kappa shape index (κ3) is 27.1. The minimum atomic E-state index is -3.61. The van der Waals surface area contributed by atoms with Crippen LogP contribution in [0.4, 0.5) is 74.2 Å². The van der Waals surface area contributed by atoms with Crippen LogP contribution in [0, 0.1) is 10.1 Å².